The third kappa shape index (κ3) is 4.76. The third-order valence-corrected chi connectivity index (χ3v) is 4.57. The summed E-state index contributed by atoms with van der Waals surface area (Å²) < 4.78 is 0. The van der Waals surface area contributed by atoms with Crippen LogP contribution in [0.25, 0.3) is 0 Å². The number of anilines is 1. The number of unbranched alkanes of at least 4 members (excludes halogenated alkanes) is 2. The second kappa shape index (κ2) is 8.06. The molecule has 0 aliphatic heterocycles. The fourth-order valence-corrected chi connectivity index (χ4v) is 3.32. The quantitative estimate of drug-likeness (QED) is 0.667. The van der Waals surface area contributed by atoms with Crippen LogP contribution < -0.4 is 5.32 Å². The third-order valence-electron chi connectivity index (χ3n) is 4.57. The molecule has 1 saturated carbocycles. The highest BCUT2D eigenvalue weighted by molar-refractivity contribution is 5.88. The average molecular weight is 289 g/mol. The Kier molecular flexibility index (Phi) is 6.09. The van der Waals surface area contributed by atoms with E-state index in [-0.39, 0.29) is 0 Å². The number of carboxylic acid groups (broad SMARTS) is 1. The molecule has 1 atom stereocenters. The molecule has 1 aliphatic carbocycles. The van der Waals surface area contributed by atoms with Gasteiger partial charge in [-0.05, 0) is 49.4 Å². The molecule has 1 unspecified atom stereocenters. The van der Waals surface area contributed by atoms with Crippen molar-refractivity contribution in [2.24, 2.45) is 5.92 Å². The lowest BCUT2D eigenvalue weighted by Gasteiger charge is -2.26. The molecule has 1 aliphatic rings. The van der Waals surface area contributed by atoms with E-state index in [4.69, 9.17) is 5.11 Å². The van der Waals surface area contributed by atoms with Gasteiger partial charge in [0, 0.05) is 11.7 Å². The highest BCUT2D eigenvalue weighted by Crippen LogP contribution is 2.31. The Morgan fingerprint density at radius 1 is 1.24 bits per heavy atom. The molecule has 1 fully saturated rings. The van der Waals surface area contributed by atoms with Gasteiger partial charge in [0.15, 0.2) is 0 Å². The number of carboxylic acids is 1. The average Bonchev–Trinajstić information content (AvgIpc) is 3.01. The predicted molar refractivity (Wildman–Crippen MR) is 86.9 cm³/mol. The molecule has 0 radical (unpaired) electrons. The van der Waals surface area contributed by atoms with E-state index in [1.54, 1.807) is 12.1 Å². The number of nitrogens with one attached hydrogen (secondary N) is 1. The Labute approximate surface area is 127 Å². The van der Waals surface area contributed by atoms with Crippen LogP contribution in [0.2, 0.25) is 0 Å². The number of hydrogen-bond donors (Lipinski definition) is 2. The van der Waals surface area contributed by atoms with E-state index in [1.165, 1.54) is 51.4 Å². The van der Waals surface area contributed by atoms with Crippen molar-refractivity contribution in [2.45, 2.75) is 64.3 Å². The maximum absolute atomic E-state index is 10.9. The van der Waals surface area contributed by atoms with E-state index in [9.17, 15) is 4.79 Å². The SMILES string of the molecule is CCCCCC(Nc1ccc(C(=O)O)cc1)C1CCCC1. The first-order valence-corrected chi connectivity index (χ1v) is 8.30. The van der Waals surface area contributed by atoms with Crippen molar-refractivity contribution in [1.29, 1.82) is 0 Å². The summed E-state index contributed by atoms with van der Waals surface area (Å²) in [6.45, 7) is 2.24. The Morgan fingerprint density at radius 2 is 1.90 bits per heavy atom. The minimum atomic E-state index is -0.864. The summed E-state index contributed by atoms with van der Waals surface area (Å²) in [5.74, 6) is -0.0853. The molecule has 3 nitrogen and oxygen atoms in total. The standard InChI is InChI=1S/C18H27NO2/c1-2-3-4-9-17(14-7-5-6-8-14)19-16-12-10-15(11-13-16)18(20)21/h10-14,17,19H,2-9H2,1H3,(H,20,21). The molecule has 2 N–H and O–H groups in total. The van der Waals surface area contributed by atoms with Crippen LogP contribution in [0.1, 0.15) is 68.6 Å². The van der Waals surface area contributed by atoms with Gasteiger partial charge in [-0.2, -0.15) is 0 Å². The zero-order valence-electron chi connectivity index (χ0n) is 13.0. The molecular weight excluding hydrogens is 262 g/mol. The number of carbonyl (C=O) groups is 1. The summed E-state index contributed by atoms with van der Waals surface area (Å²) in [5, 5.41) is 12.6. The minimum Gasteiger partial charge on any atom is -0.478 e. The van der Waals surface area contributed by atoms with E-state index in [0.29, 0.717) is 11.6 Å². The number of aromatic carboxylic acids is 1. The van der Waals surface area contributed by atoms with Crippen molar-refractivity contribution in [3.8, 4) is 0 Å². The second-order valence-electron chi connectivity index (χ2n) is 6.17. The van der Waals surface area contributed by atoms with Crippen LogP contribution in [-0.4, -0.2) is 17.1 Å². The molecule has 0 saturated heterocycles. The first-order valence-electron chi connectivity index (χ1n) is 8.30. The maximum Gasteiger partial charge on any atom is 0.335 e. The van der Waals surface area contributed by atoms with Gasteiger partial charge in [0.05, 0.1) is 5.56 Å². The van der Waals surface area contributed by atoms with Crippen LogP contribution in [0.5, 0.6) is 0 Å². The van der Waals surface area contributed by atoms with E-state index in [0.717, 1.165) is 11.6 Å². The van der Waals surface area contributed by atoms with Gasteiger partial charge in [-0.25, -0.2) is 4.79 Å². The van der Waals surface area contributed by atoms with Crippen molar-refractivity contribution in [3.63, 3.8) is 0 Å². The Balaban J connectivity index is 1.97. The summed E-state index contributed by atoms with van der Waals surface area (Å²) in [6.07, 6.45) is 10.4. The fourth-order valence-electron chi connectivity index (χ4n) is 3.32. The highest BCUT2D eigenvalue weighted by Gasteiger charge is 2.24. The second-order valence-corrected chi connectivity index (χ2v) is 6.17. The molecule has 1 aromatic rings. The lowest BCUT2D eigenvalue weighted by Crippen LogP contribution is -2.27. The Morgan fingerprint density at radius 3 is 2.48 bits per heavy atom. The van der Waals surface area contributed by atoms with E-state index >= 15 is 0 Å². The van der Waals surface area contributed by atoms with Crippen molar-refractivity contribution >= 4 is 11.7 Å². The molecular formula is C18H27NO2. The predicted octanol–water partition coefficient (Wildman–Crippen LogP) is 4.94. The van der Waals surface area contributed by atoms with Gasteiger partial charge < -0.3 is 10.4 Å². The van der Waals surface area contributed by atoms with Gasteiger partial charge in [0.2, 0.25) is 0 Å². The van der Waals surface area contributed by atoms with Gasteiger partial charge in [-0.15, -0.1) is 0 Å². The Bertz CT molecular complexity index is 435. The molecule has 116 valence electrons. The van der Waals surface area contributed by atoms with E-state index in [2.05, 4.69) is 12.2 Å². The van der Waals surface area contributed by atoms with Crippen molar-refractivity contribution < 1.29 is 9.90 Å². The lowest BCUT2D eigenvalue weighted by molar-refractivity contribution is 0.0697. The van der Waals surface area contributed by atoms with E-state index < -0.39 is 5.97 Å². The molecule has 0 spiro atoms. The Hall–Kier alpha value is -1.51. The number of rotatable bonds is 8. The first kappa shape index (κ1) is 15.9. The van der Waals surface area contributed by atoms with Gasteiger partial charge in [-0.1, -0.05) is 39.0 Å². The smallest absolute Gasteiger partial charge is 0.335 e. The molecule has 0 heterocycles. The van der Waals surface area contributed by atoms with Gasteiger partial charge in [-0.3, -0.25) is 0 Å². The zero-order chi connectivity index (χ0) is 15.1. The van der Waals surface area contributed by atoms with Crippen LogP contribution in [0.3, 0.4) is 0 Å². The fraction of sp³-hybridized carbons (Fsp3) is 0.611. The minimum absolute atomic E-state index is 0.351. The monoisotopic (exact) mass is 289 g/mol. The maximum atomic E-state index is 10.9. The number of benzene rings is 1. The van der Waals surface area contributed by atoms with Crippen molar-refractivity contribution in [3.05, 3.63) is 29.8 Å². The van der Waals surface area contributed by atoms with Gasteiger partial charge in [0.25, 0.3) is 0 Å². The molecule has 1 aromatic carbocycles. The highest BCUT2D eigenvalue weighted by atomic mass is 16.4. The summed E-state index contributed by atoms with van der Waals surface area (Å²) >= 11 is 0. The largest absolute Gasteiger partial charge is 0.478 e. The van der Waals surface area contributed by atoms with Gasteiger partial charge in [0.1, 0.15) is 0 Å². The van der Waals surface area contributed by atoms with Crippen molar-refractivity contribution in [2.75, 3.05) is 5.32 Å². The van der Waals surface area contributed by atoms with Crippen LogP contribution in [0.15, 0.2) is 24.3 Å². The summed E-state index contributed by atoms with van der Waals surface area (Å²) in [5.41, 5.74) is 1.40. The molecule has 0 amide bonds. The zero-order valence-corrected chi connectivity index (χ0v) is 13.0. The number of hydrogen-bond acceptors (Lipinski definition) is 2. The molecule has 0 bridgehead atoms. The molecule has 21 heavy (non-hydrogen) atoms. The molecule has 0 aromatic heterocycles. The van der Waals surface area contributed by atoms with Crippen LogP contribution >= 0.6 is 0 Å². The lowest BCUT2D eigenvalue weighted by atomic mass is 9.93. The van der Waals surface area contributed by atoms with Gasteiger partial charge >= 0.3 is 5.97 Å². The molecule has 3 heteroatoms. The normalized spacial score (nSPS) is 16.8. The first-order chi connectivity index (χ1) is 10.2. The molecule has 2 rings (SSSR count). The summed E-state index contributed by atoms with van der Waals surface area (Å²) in [4.78, 5) is 10.9. The van der Waals surface area contributed by atoms with Crippen LogP contribution in [0.4, 0.5) is 5.69 Å². The summed E-state index contributed by atoms with van der Waals surface area (Å²) in [6, 6.07) is 7.69. The van der Waals surface area contributed by atoms with Crippen LogP contribution in [0, 0.1) is 5.92 Å². The van der Waals surface area contributed by atoms with Crippen molar-refractivity contribution in [1.82, 2.24) is 0 Å². The summed E-state index contributed by atoms with van der Waals surface area (Å²) in [7, 11) is 0. The topological polar surface area (TPSA) is 49.3 Å². The van der Waals surface area contributed by atoms with E-state index in [1.807, 2.05) is 12.1 Å². The van der Waals surface area contributed by atoms with Crippen LogP contribution in [-0.2, 0) is 0 Å².